The van der Waals surface area contributed by atoms with Gasteiger partial charge in [-0.1, -0.05) is 0 Å². The lowest BCUT2D eigenvalue weighted by atomic mass is 9.95. The molecule has 2 N–H and O–H groups in total. The molecule has 1 aliphatic rings. The Morgan fingerprint density at radius 1 is 1.36 bits per heavy atom. The number of ether oxygens (including phenoxy) is 1. The van der Waals surface area contributed by atoms with Crippen LogP contribution >= 0.6 is 0 Å². The van der Waals surface area contributed by atoms with E-state index in [-0.39, 0.29) is 18.7 Å². The summed E-state index contributed by atoms with van der Waals surface area (Å²) in [5, 5.41) is 8.92. The van der Waals surface area contributed by atoms with Crippen LogP contribution in [0.4, 0.5) is 0 Å². The zero-order valence-electron chi connectivity index (χ0n) is 12.6. The van der Waals surface area contributed by atoms with Crippen LogP contribution in [0.2, 0.25) is 0 Å². The molecule has 0 radical (unpaired) electrons. The van der Waals surface area contributed by atoms with Crippen LogP contribution in [-0.2, 0) is 22.4 Å². The number of fused-ring (bicyclic) bond motifs is 1. The summed E-state index contributed by atoms with van der Waals surface area (Å²) in [6.45, 7) is -0.126. The molecule has 7 heteroatoms. The van der Waals surface area contributed by atoms with Gasteiger partial charge >= 0.3 is 5.97 Å². The predicted molar refractivity (Wildman–Crippen MR) is 79.1 cm³/mol. The smallest absolute Gasteiger partial charge is 0.323 e. The summed E-state index contributed by atoms with van der Waals surface area (Å²) in [4.78, 5) is 39.4. The first-order valence-electron chi connectivity index (χ1n) is 7.28. The summed E-state index contributed by atoms with van der Waals surface area (Å²) in [5.41, 5.74) is 1.39. The zero-order valence-corrected chi connectivity index (χ0v) is 12.6. The van der Waals surface area contributed by atoms with Crippen LogP contribution in [0, 0.1) is 0 Å². The Balaban J connectivity index is 2.29. The van der Waals surface area contributed by atoms with E-state index >= 15 is 0 Å². The van der Waals surface area contributed by atoms with E-state index in [1.165, 1.54) is 7.11 Å². The van der Waals surface area contributed by atoms with Crippen LogP contribution in [0.25, 0.3) is 0 Å². The van der Waals surface area contributed by atoms with Crippen LogP contribution in [0.5, 0.6) is 0 Å². The number of nitrogens with zero attached hydrogens (tertiary/aromatic N) is 1. The van der Waals surface area contributed by atoms with Gasteiger partial charge in [-0.2, -0.15) is 0 Å². The van der Waals surface area contributed by atoms with Crippen LogP contribution in [0.3, 0.4) is 0 Å². The number of carboxylic acids is 1. The molecule has 0 aromatic carbocycles. The molecule has 0 bridgehead atoms. The minimum Gasteiger partial charge on any atom is -0.480 e. The maximum absolute atomic E-state index is 12.5. The third kappa shape index (κ3) is 3.73. The first-order chi connectivity index (χ1) is 10.5. The van der Waals surface area contributed by atoms with Gasteiger partial charge in [0.1, 0.15) is 12.1 Å². The maximum Gasteiger partial charge on any atom is 0.323 e. The summed E-state index contributed by atoms with van der Waals surface area (Å²) in [6, 6.07) is 1.61. The molecule has 1 amide bonds. The van der Waals surface area contributed by atoms with E-state index in [2.05, 4.69) is 4.98 Å². The fourth-order valence-corrected chi connectivity index (χ4v) is 2.62. The predicted octanol–water partition coefficient (Wildman–Crippen LogP) is 0.427. The van der Waals surface area contributed by atoms with Crippen molar-refractivity contribution in [1.82, 2.24) is 9.88 Å². The Labute approximate surface area is 127 Å². The van der Waals surface area contributed by atoms with Crippen molar-refractivity contribution in [3.8, 4) is 0 Å². The van der Waals surface area contributed by atoms with Gasteiger partial charge in [-0.25, -0.2) is 0 Å². The van der Waals surface area contributed by atoms with Crippen molar-refractivity contribution >= 4 is 11.9 Å². The van der Waals surface area contributed by atoms with Crippen LogP contribution in [-0.4, -0.2) is 53.7 Å². The van der Waals surface area contributed by atoms with Crippen molar-refractivity contribution in [2.75, 3.05) is 26.8 Å². The highest BCUT2D eigenvalue weighted by Gasteiger charge is 2.23. The molecule has 0 saturated carbocycles. The molecule has 2 rings (SSSR count). The number of hydrogen-bond donors (Lipinski definition) is 2. The van der Waals surface area contributed by atoms with Gasteiger partial charge in [0.05, 0.1) is 6.61 Å². The molecule has 0 saturated heterocycles. The second-order valence-electron chi connectivity index (χ2n) is 5.34. The molecular weight excluding hydrogens is 288 g/mol. The SMILES string of the molecule is COCCN(CC(=O)O)C(=O)c1cc2c([nH]c1=O)CCCC2. The average Bonchev–Trinajstić information content (AvgIpc) is 2.49. The number of carboxylic acid groups (broad SMARTS) is 1. The molecule has 0 aliphatic heterocycles. The fraction of sp³-hybridized carbons (Fsp3) is 0.533. The zero-order chi connectivity index (χ0) is 16.1. The van der Waals surface area contributed by atoms with Gasteiger partial charge in [-0.15, -0.1) is 0 Å². The highest BCUT2D eigenvalue weighted by molar-refractivity contribution is 5.95. The number of aryl methyl sites for hydroxylation is 2. The lowest BCUT2D eigenvalue weighted by molar-refractivity contribution is -0.137. The third-order valence-electron chi connectivity index (χ3n) is 3.75. The van der Waals surface area contributed by atoms with Gasteiger partial charge in [0.15, 0.2) is 0 Å². The molecule has 0 fully saturated rings. The number of H-pyrrole nitrogens is 1. The van der Waals surface area contributed by atoms with Gasteiger partial charge in [0, 0.05) is 19.3 Å². The monoisotopic (exact) mass is 308 g/mol. The summed E-state index contributed by atoms with van der Waals surface area (Å²) in [6.07, 6.45) is 3.68. The molecule has 1 aliphatic carbocycles. The van der Waals surface area contributed by atoms with Crippen molar-refractivity contribution in [2.24, 2.45) is 0 Å². The van der Waals surface area contributed by atoms with Crippen molar-refractivity contribution < 1.29 is 19.4 Å². The minimum atomic E-state index is -1.13. The lowest BCUT2D eigenvalue weighted by Crippen LogP contribution is -2.40. The molecule has 7 nitrogen and oxygen atoms in total. The van der Waals surface area contributed by atoms with Crippen molar-refractivity contribution in [3.05, 3.63) is 33.2 Å². The number of nitrogens with one attached hydrogen (secondary N) is 1. The Bertz CT molecular complexity index is 623. The van der Waals surface area contributed by atoms with E-state index < -0.39 is 24.0 Å². The second kappa shape index (κ2) is 7.22. The fourth-order valence-electron chi connectivity index (χ4n) is 2.62. The van der Waals surface area contributed by atoms with E-state index in [0.29, 0.717) is 0 Å². The number of methoxy groups -OCH3 is 1. The second-order valence-corrected chi connectivity index (χ2v) is 5.34. The Morgan fingerprint density at radius 2 is 2.09 bits per heavy atom. The van der Waals surface area contributed by atoms with E-state index in [4.69, 9.17) is 9.84 Å². The molecule has 1 aromatic rings. The molecule has 0 spiro atoms. The molecule has 120 valence electrons. The van der Waals surface area contributed by atoms with Gasteiger partial charge in [-0.3, -0.25) is 14.4 Å². The van der Waals surface area contributed by atoms with Crippen molar-refractivity contribution in [3.63, 3.8) is 0 Å². The van der Waals surface area contributed by atoms with Crippen molar-refractivity contribution in [1.29, 1.82) is 0 Å². The van der Waals surface area contributed by atoms with E-state index in [1.807, 2.05) is 0 Å². The van der Waals surface area contributed by atoms with Gasteiger partial charge in [-0.05, 0) is 37.3 Å². The Kier molecular flexibility index (Phi) is 5.32. The largest absolute Gasteiger partial charge is 0.480 e. The van der Waals surface area contributed by atoms with Crippen LogP contribution in [0.1, 0.15) is 34.5 Å². The number of rotatable bonds is 6. The number of aromatic amines is 1. The highest BCUT2D eigenvalue weighted by atomic mass is 16.5. The maximum atomic E-state index is 12.5. The van der Waals surface area contributed by atoms with Gasteiger partial charge in [0.2, 0.25) is 0 Å². The van der Waals surface area contributed by atoms with E-state index in [0.717, 1.165) is 41.8 Å². The lowest BCUT2D eigenvalue weighted by Gasteiger charge is -2.21. The number of pyridine rings is 1. The summed E-state index contributed by atoms with van der Waals surface area (Å²) < 4.78 is 4.89. The normalized spacial score (nSPS) is 13.5. The molecule has 1 aromatic heterocycles. The first-order valence-corrected chi connectivity index (χ1v) is 7.28. The Morgan fingerprint density at radius 3 is 2.77 bits per heavy atom. The standard InChI is InChI=1S/C15H20N2O5/c1-22-7-6-17(9-13(18)19)15(21)11-8-10-4-2-3-5-12(10)16-14(11)20/h8H,2-7,9H2,1H3,(H,16,20)(H,18,19). The summed E-state index contributed by atoms with van der Waals surface area (Å²) >= 11 is 0. The number of carbonyl (C=O) groups excluding carboxylic acids is 1. The Hall–Kier alpha value is -2.15. The molecule has 22 heavy (non-hydrogen) atoms. The summed E-state index contributed by atoms with van der Waals surface area (Å²) in [5.74, 6) is -1.70. The van der Waals surface area contributed by atoms with Crippen LogP contribution < -0.4 is 5.56 Å². The quantitative estimate of drug-likeness (QED) is 0.793. The van der Waals surface area contributed by atoms with Crippen LogP contribution in [0.15, 0.2) is 10.9 Å². The molecule has 0 atom stereocenters. The highest BCUT2D eigenvalue weighted by Crippen LogP contribution is 2.19. The van der Waals surface area contributed by atoms with Gasteiger partial charge in [0.25, 0.3) is 11.5 Å². The molecule has 0 unspecified atom stereocenters. The van der Waals surface area contributed by atoms with E-state index in [9.17, 15) is 14.4 Å². The minimum absolute atomic E-state index is 0.00185. The molecule has 1 heterocycles. The topological polar surface area (TPSA) is 99.7 Å². The molecular formula is C15H20N2O5. The van der Waals surface area contributed by atoms with Crippen molar-refractivity contribution in [2.45, 2.75) is 25.7 Å². The number of hydrogen-bond acceptors (Lipinski definition) is 4. The number of aliphatic carboxylic acids is 1. The number of carbonyl (C=O) groups is 2. The number of amides is 1. The number of aromatic nitrogens is 1. The average molecular weight is 308 g/mol. The first kappa shape index (κ1) is 16.2. The third-order valence-corrected chi connectivity index (χ3v) is 3.75. The van der Waals surface area contributed by atoms with E-state index in [1.54, 1.807) is 6.07 Å². The summed E-state index contributed by atoms with van der Waals surface area (Å²) in [7, 11) is 1.47. The van der Waals surface area contributed by atoms with Gasteiger partial charge < -0.3 is 19.7 Å².